The fourth-order valence-corrected chi connectivity index (χ4v) is 1.92. The number of ether oxygens (including phenoxy) is 1. The first kappa shape index (κ1) is 18.9. The highest BCUT2D eigenvalue weighted by atomic mass is 16.6. The van der Waals surface area contributed by atoms with Crippen molar-refractivity contribution in [3.63, 3.8) is 0 Å². The number of nitrogens with zero attached hydrogens (tertiary/aromatic N) is 2. The molecule has 2 heterocycles. The lowest BCUT2D eigenvalue weighted by molar-refractivity contribution is 0.0141. The van der Waals surface area contributed by atoms with Crippen molar-refractivity contribution < 1.29 is 19.4 Å². The minimum atomic E-state index is -0.990. The smallest absolute Gasteiger partial charge is 0.410 e. The van der Waals surface area contributed by atoms with Crippen LogP contribution in [0, 0.1) is 0 Å². The Morgan fingerprint density at radius 3 is 2.52 bits per heavy atom. The van der Waals surface area contributed by atoms with Crippen LogP contribution in [-0.4, -0.2) is 58.3 Å². The lowest BCUT2D eigenvalue weighted by atomic mass is 10.2. The number of hydrogen-bond donors (Lipinski definition) is 2. The van der Waals surface area contributed by atoms with Crippen molar-refractivity contribution in [1.29, 1.82) is 0 Å². The maximum Gasteiger partial charge on any atom is 0.410 e. The Morgan fingerprint density at radius 1 is 1.39 bits per heavy atom. The Hall–Kier alpha value is -2.15. The van der Waals surface area contributed by atoms with Crippen molar-refractivity contribution in [3.05, 3.63) is 30.1 Å². The number of rotatable bonds is 1. The number of carboxylic acid groups (broad SMARTS) is 1. The molecule has 7 nitrogen and oxygen atoms in total. The van der Waals surface area contributed by atoms with Gasteiger partial charge in [-0.2, -0.15) is 0 Å². The third-order valence-electron chi connectivity index (χ3n) is 3.01. The van der Waals surface area contributed by atoms with Crippen molar-refractivity contribution in [2.24, 2.45) is 0 Å². The van der Waals surface area contributed by atoms with E-state index in [1.807, 2.05) is 27.7 Å². The third kappa shape index (κ3) is 7.10. The molecule has 7 heteroatoms. The predicted molar refractivity (Wildman–Crippen MR) is 86.5 cm³/mol. The molecule has 1 amide bonds. The van der Waals surface area contributed by atoms with Crippen LogP contribution in [0.5, 0.6) is 0 Å². The number of pyridine rings is 1. The average Bonchev–Trinajstić information content (AvgIpc) is 2.47. The van der Waals surface area contributed by atoms with Gasteiger partial charge in [-0.15, -0.1) is 0 Å². The molecular weight excluding hydrogens is 298 g/mol. The van der Waals surface area contributed by atoms with Gasteiger partial charge in [0.15, 0.2) is 0 Å². The molecule has 1 unspecified atom stereocenters. The van der Waals surface area contributed by atoms with Crippen LogP contribution in [0.4, 0.5) is 4.79 Å². The van der Waals surface area contributed by atoms with Gasteiger partial charge in [-0.05, 0) is 39.8 Å². The monoisotopic (exact) mass is 323 g/mol. The number of amides is 1. The zero-order chi connectivity index (χ0) is 17.5. The molecule has 1 saturated heterocycles. The zero-order valence-electron chi connectivity index (χ0n) is 14.1. The van der Waals surface area contributed by atoms with E-state index in [1.165, 1.54) is 12.3 Å². The van der Waals surface area contributed by atoms with Gasteiger partial charge in [-0.25, -0.2) is 14.6 Å². The Bertz CT molecular complexity index is 514. The lowest BCUT2D eigenvalue weighted by Gasteiger charge is -2.35. The van der Waals surface area contributed by atoms with Gasteiger partial charge >= 0.3 is 12.1 Å². The number of piperazine rings is 1. The molecule has 2 rings (SSSR count). The molecule has 0 aromatic carbocycles. The Labute approximate surface area is 136 Å². The molecule has 0 spiro atoms. The summed E-state index contributed by atoms with van der Waals surface area (Å²) >= 11 is 0. The molecule has 1 aromatic heterocycles. The largest absolute Gasteiger partial charge is 0.477 e. The molecule has 0 radical (unpaired) electrons. The second kappa shape index (κ2) is 8.47. The fraction of sp³-hybridized carbons (Fsp3) is 0.562. The van der Waals surface area contributed by atoms with Gasteiger partial charge in [0.1, 0.15) is 11.3 Å². The third-order valence-corrected chi connectivity index (χ3v) is 3.01. The SMILES string of the molecule is CC1CNCCN1C(=O)OC(C)(C)C.O=C(O)c1ccccn1. The summed E-state index contributed by atoms with van der Waals surface area (Å²) in [4.78, 5) is 27.2. The average molecular weight is 323 g/mol. The Morgan fingerprint density at radius 2 is 2.09 bits per heavy atom. The van der Waals surface area contributed by atoms with Crippen molar-refractivity contribution in [1.82, 2.24) is 15.2 Å². The summed E-state index contributed by atoms with van der Waals surface area (Å²) in [7, 11) is 0. The molecule has 1 aromatic rings. The molecule has 1 atom stereocenters. The van der Waals surface area contributed by atoms with E-state index < -0.39 is 11.6 Å². The second-order valence-corrected chi connectivity index (χ2v) is 6.25. The van der Waals surface area contributed by atoms with Gasteiger partial charge in [0, 0.05) is 31.9 Å². The first-order valence-electron chi connectivity index (χ1n) is 7.55. The number of aromatic nitrogens is 1. The minimum absolute atomic E-state index is 0.0810. The van der Waals surface area contributed by atoms with Crippen LogP contribution in [0.2, 0.25) is 0 Å². The molecule has 128 valence electrons. The van der Waals surface area contributed by atoms with E-state index in [2.05, 4.69) is 10.3 Å². The van der Waals surface area contributed by atoms with Gasteiger partial charge < -0.3 is 20.1 Å². The van der Waals surface area contributed by atoms with Crippen molar-refractivity contribution in [2.75, 3.05) is 19.6 Å². The van der Waals surface area contributed by atoms with Crippen LogP contribution in [0.1, 0.15) is 38.2 Å². The van der Waals surface area contributed by atoms with Crippen molar-refractivity contribution in [3.8, 4) is 0 Å². The van der Waals surface area contributed by atoms with E-state index in [0.29, 0.717) is 0 Å². The quantitative estimate of drug-likeness (QED) is 0.821. The second-order valence-electron chi connectivity index (χ2n) is 6.25. The number of nitrogens with one attached hydrogen (secondary N) is 1. The number of carbonyl (C=O) groups excluding carboxylic acids is 1. The van der Waals surface area contributed by atoms with E-state index in [4.69, 9.17) is 9.84 Å². The van der Waals surface area contributed by atoms with Gasteiger partial charge in [0.2, 0.25) is 0 Å². The summed E-state index contributed by atoms with van der Waals surface area (Å²) in [6.07, 6.45) is 1.25. The van der Waals surface area contributed by atoms with Crippen LogP contribution in [0.25, 0.3) is 0 Å². The minimum Gasteiger partial charge on any atom is -0.477 e. The topological polar surface area (TPSA) is 91.8 Å². The highest BCUT2D eigenvalue weighted by Gasteiger charge is 2.27. The molecule has 1 aliphatic rings. The summed E-state index contributed by atoms with van der Waals surface area (Å²) in [6, 6.07) is 4.98. The number of carbonyl (C=O) groups is 2. The first-order chi connectivity index (χ1) is 10.7. The highest BCUT2D eigenvalue weighted by molar-refractivity contribution is 5.85. The summed E-state index contributed by atoms with van der Waals surface area (Å²) < 4.78 is 5.31. The molecule has 0 saturated carbocycles. The summed E-state index contributed by atoms with van der Waals surface area (Å²) in [6.45, 7) is 10.1. The van der Waals surface area contributed by atoms with E-state index in [1.54, 1.807) is 17.0 Å². The standard InChI is InChI=1S/C10H20N2O2.C6H5NO2/c1-8-7-11-5-6-12(8)9(13)14-10(2,3)4;8-6(9)5-3-1-2-4-7-5/h8,11H,5-7H2,1-4H3;1-4H,(H,8,9). The Balaban J connectivity index is 0.000000253. The van der Waals surface area contributed by atoms with E-state index in [0.717, 1.165) is 19.6 Å². The normalized spacial score (nSPS) is 17.7. The lowest BCUT2D eigenvalue weighted by Crippen LogP contribution is -2.53. The van der Waals surface area contributed by atoms with Gasteiger partial charge in [-0.1, -0.05) is 6.07 Å². The first-order valence-corrected chi connectivity index (χ1v) is 7.55. The molecule has 1 fully saturated rings. The van der Waals surface area contributed by atoms with Crippen LogP contribution >= 0.6 is 0 Å². The van der Waals surface area contributed by atoms with Gasteiger partial charge in [0.05, 0.1) is 0 Å². The van der Waals surface area contributed by atoms with Crippen LogP contribution < -0.4 is 5.32 Å². The Kier molecular flexibility index (Phi) is 6.96. The molecular formula is C16H25N3O4. The van der Waals surface area contributed by atoms with Crippen molar-refractivity contribution >= 4 is 12.1 Å². The number of hydrogen-bond acceptors (Lipinski definition) is 5. The molecule has 1 aliphatic heterocycles. The zero-order valence-corrected chi connectivity index (χ0v) is 14.1. The summed E-state index contributed by atoms with van der Waals surface area (Å²) in [5.41, 5.74) is -0.320. The number of carboxylic acids is 1. The van der Waals surface area contributed by atoms with Crippen LogP contribution in [0.3, 0.4) is 0 Å². The maximum atomic E-state index is 11.7. The summed E-state index contributed by atoms with van der Waals surface area (Å²) in [5.74, 6) is -0.990. The van der Waals surface area contributed by atoms with E-state index in [-0.39, 0.29) is 17.8 Å². The van der Waals surface area contributed by atoms with Crippen LogP contribution in [0.15, 0.2) is 24.4 Å². The highest BCUT2D eigenvalue weighted by Crippen LogP contribution is 2.12. The predicted octanol–water partition coefficient (Wildman–Crippen LogP) is 1.99. The molecule has 0 aliphatic carbocycles. The van der Waals surface area contributed by atoms with Gasteiger partial charge in [0.25, 0.3) is 0 Å². The van der Waals surface area contributed by atoms with Gasteiger partial charge in [-0.3, -0.25) is 0 Å². The number of aromatic carboxylic acids is 1. The van der Waals surface area contributed by atoms with E-state index in [9.17, 15) is 9.59 Å². The summed E-state index contributed by atoms with van der Waals surface area (Å²) in [5, 5.41) is 11.6. The van der Waals surface area contributed by atoms with Crippen molar-refractivity contribution in [2.45, 2.75) is 39.3 Å². The molecule has 2 N–H and O–H groups in total. The molecule has 23 heavy (non-hydrogen) atoms. The molecule has 0 bridgehead atoms. The fourth-order valence-electron chi connectivity index (χ4n) is 1.92. The van der Waals surface area contributed by atoms with E-state index >= 15 is 0 Å². The maximum absolute atomic E-state index is 11.7. The van der Waals surface area contributed by atoms with Crippen LogP contribution in [-0.2, 0) is 4.74 Å².